The third-order valence-electron chi connectivity index (χ3n) is 2.88. The van der Waals surface area contributed by atoms with E-state index < -0.39 is 0 Å². The first-order valence-electron chi connectivity index (χ1n) is 6.16. The molecule has 19 heavy (non-hydrogen) atoms. The standard InChI is InChI=1S/C15H14N2S2/c16-8-6-13-14(11-4-2-1-3-5-11)17-15(19-13)12-7-9-18-10-12/h1-5,7,9-10H,6,8,16H2. The van der Waals surface area contributed by atoms with Gasteiger partial charge in [0.15, 0.2) is 0 Å². The summed E-state index contributed by atoms with van der Waals surface area (Å²) >= 11 is 3.45. The molecule has 0 atom stereocenters. The van der Waals surface area contributed by atoms with E-state index in [4.69, 9.17) is 10.7 Å². The number of thiophene rings is 1. The Kier molecular flexibility index (Phi) is 3.73. The van der Waals surface area contributed by atoms with Crippen LogP contribution in [-0.2, 0) is 6.42 Å². The van der Waals surface area contributed by atoms with Gasteiger partial charge in [0, 0.05) is 21.4 Å². The lowest BCUT2D eigenvalue weighted by Crippen LogP contribution is -2.02. The van der Waals surface area contributed by atoms with Crippen LogP contribution in [0.25, 0.3) is 21.8 Å². The van der Waals surface area contributed by atoms with Crippen molar-refractivity contribution in [1.82, 2.24) is 4.98 Å². The minimum Gasteiger partial charge on any atom is -0.330 e. The van der Waals surface area contributed by atoms with Gasteiger partial charge in [0.2, 0.25) is 0 Å². The molecule has 0 radical (unpaired) electrons. The molecular weight excluding hydrogens is 272 g/mol. The molecule has 0 bridgehead atoms. The van der Waals surface area contributed by atoms with Crippen LogP contribution in [0.5, 0.6) is 0 Å². The van der Waals surface area contributed by atoms with E-state index in [-0.39, 0.29) is 0 Å². The van der Waals surface area contributed by atoms with Gasteiger partial charge >= 0.3 is 0 Å². The van der Waals surface area contributed by atoms with Crippen molar-refractivity contribution in [3.63, 3.8) is 0 Å². The zero-order valence-corrected chi connectivity index (χ0v) is 12.0. The Labute approximate surface area is 120 Å². The maximum Gasteiger partial charge on any atom is 0.125 e. The van der Waals surface area contributed by atoms with E-state index in [0.29, 0.717) is 6.54 Å². The van der Waals surface area contributed by atoms with Gasteiger partial charge in [0.25, 0.3) is 0 Å². The Morgan fingerprint density at radius 1 is 1.05 bits per heavy atom. The van der Waals surface area contributed by atoms with E-state index in [2.05, 4.69) is 29.0 Å². The topological polar surface area (TPSA) is 38.9 Å². The molecule has 0 saturated carbocycles. The minimum absolute atomic E-state index is 0.658. The van der Waals surface area contributed by atoms with Crippen LogP contribution in [0.1, 0.15) is 4.88 Å². The quantitative estimate of drug-likeness (QED) is 0.786. The summed E-state index contributed by atoms with van der Waals surface area (Å²) in [5.74, 6) is 0. The van der Waals surface area contributed by atoms with Crippen molar-refractivity contribution in [2.75, 3.05) is 6.54 Å². The van der Waals surface area contributed by atoms with Gasteiger partial charge < -0.3 is 5.73 Å². The summed E-state index contributed by atoms with van der Waals surface area (Å²) in [5.41, 5.74) is 9.17. The first-order chi connectivity index (χ1) is 9.38. The maximum atomic E-state index is 5.72. The lowest BCUT2D eigenvalue weighted by Gasteiger charge is -2.00. The minimum atomic E-state index is 0.658. The average Bonchev–Trinajstić information content (AvgIpc) is 3.08. The van der Waals surface area contributed by atoms with Crippen LogP contribution in [-0.4, -0.2) is 11.5 Å². The molecule has 2 nitrogen and oxygen atoms in total. The molecule has 2 heterocycles. The highest BCUT2D eigenvalue weighted by Crippen LogP contribution is 2.34. The summed E-state index contributed by atoms with van der Waals surface area (Å²) in [6, 6.07) is 12.4. The highest BCUT2D eigenvalue weighted by molar-refractivity contribution is 7.16. The van der Waals surface area contributed by atoms with Gasteiger partial charge in [0.1, 0.15) is 5.01 Å². The van der Waals surface area contributed by atoms with Crippen LogP contribution in [0.15, 0.2) is 47.2 Å². The molecule has 96 valence electrons. The second-order valence-electron chi connectivity index (χ2n) is 4.21. The van der Waals surface area contributed by atoms with E-state index in [1.165, 1.54) is 16.0 Å². The van der Waals surface area contributed by atoms with E-state index in [9.17, 15) is 0 Å². The van der Waals surface area contributed by atoms with Crippen molar-refractivity contribution < 1.29 is 0 Å². The van der Waals surface area contributed by atoms with Gasteiger partial charge in [-0.3, -0.25) is 0 Å². The predicted molar refractivity (Wildman–Crippen MR) is 83.6 cm³/mol. The second kappa shape index (κ2) is 5.65. The summed E-state index contributed by atoms with van der Waals surface area (Å²) < 4.78 is 0. The molecule has 0 aliphatic rings. The van der Waals surface area contributed by atoms with Gasteiger partial charge in [-0.05, 0) is 24.4 Å². The van der Waals surface area contributed by atoms with Crippen LogP contribution in [0.2, 0.25) is 0 Å². The number of hydrogen-bond donors (Lipinski definition) is 1. The highest BCUT2D eigenvalue weighted by Gasteiger charge is 2.13. The van der Waals surface area contributed by atoms with Crippen LogP contribution < -0.4 is 5.73 Å². The van der Waals surface area contributed by atoms with Crippen LogP contribution in [0.3, 0.4) is 0 Å². The Morgan fingerprint density at radius 2 is 1.89 bits per heavy atom. The van der Waals surface area contributed by atoms with Gasteiger partial charge in [-0.2, -0.15) is 11.3 Å². The fourth-order valence-corrected chi connectivity index (χ4v) is 3.79. The van der Waals surface area contributed by atoms with E-state index >= 15 is 0 Å². The van der Waals surface area contributed by atoms with E-state index in [0.717, 1.165) is 17.1 Å². The van der Waals surface area contributed by atoms with Gasteiger partial charge in [-0.15, -0.1) is 11.3 Å². The van der Waals surface area contributed by atoms with Crippen LogP contribution in [0.4, 0.5) is 0 Å². The maximum absolute atomic E-state index is 5.72. The van der Waals surface area contributed by atoms with Gasteiger partial charge in [-0.1, -0.05) is 30.3 Å². The summed E-state index contributed by atoms with van der Waals surface area (Å²) in [7, 11) is 0. The van der Waals surface area contributed by atoms with Gasteiger partial charge in [0.05, 0.1) is 5.69 Å². The molecule has 2 N–H and O–H groups in total. The van der Waals surface area contributed by atoms with Crippen LogP contribution >= 0.6 is 22.7 Å². The average molecular weight is 286 g/mol. The van der Waals surface area contributed by atoms with Crippen LogP contribution in [0, 0.1) is 0 Å². The molecule has 0 spiro atoms. The molecule has 0 unspecified atom stereocenters. The normalized spacial score (nSPS) is 10.8. The smallest absolute Gasteiger partial charge is 0.125 e. The molecule has 4 heteroatoms. The van der Waals surface area contributed by atoms with Crippen molar-refractivity contribution in [3.05, 3.63) is 52.0 Å². The number of nitrogens with zero attached hydrogens (tertiary/aromatic N) is 1. The lowest BCUT2D eigenvalue weighted by molar-refractivity contribution is 0.986. The molecule has 0 amide bonds. The molecular formula is C15H14N2S2. The first-order valence-corrected chi connectivity index (χ1v) is 7.92. The van der Waals surface area contributed by atoms with E-state index in [1.54, 1.807) is 22.7 Å². The molecule has 0 aliphatic heterocycles. The molecule has 0 saturated heterocycles. The fraction of sp³-hybridized carbons (Fsp3) is 0.133. The summed E-state index contributed by atoms with van der Waals surface area (Å²) in [5, 5.41) is 5.31. The summed E-state index contributed by atoms with van der Waals surface area (Å²) in [4.78, 5) is 6.08. The number of thiazole rings is 1. The largest absolute Gasteiger partial charge is 0.330 e. The molecule has 3 aromatic rings. The highest BCUT2D eigenvalue weighted by atomic mass is 32.1. The third-order valence-corrected chi connectivity index (χ3v) is 4.73. The summed E-state index contributed by atoms with van der Waals surface area (Å²) in [6.07, 6.45) is 0.881. The number of benzene rings is 1. The van der Waals surface area contributed by atoms with Gasteiger partial charge in [-0.25, -0.2) is 4.98 Å². The second-order valence-corrected chi connectivity index (χ2v) is 6.07. The van der Waals surface area contributed by atoms with Crippen molar-refractivity contribution in [2.45, 2.75) is 6.42 Å². The third kappa shape index (κ3) is 2.61. The fourth-order valence-electron chi connectivity index (χ4n) is 1.98. The number of hydrogen-bond acceptors (Lipinski definition) is 4. The zero-order chi connectivity index (χ0) is 13.1. The van der Waals surface area contributed by atoms with E-state index in [1.807, 2.05) is 18.2 Å². The predicted octanol–water partition coefficient (Wildman–Crippen LogP) is 4.04. The van der Waals surface area contributed by atoms with Crippen molar-refractivity contribution in [1.29, 1.82) is 0 Å². The lowest BCUT2D eigenvalue weighted by atomic mass is 10.1. The number of nitrogens with two attached hydrogens (primary N) is 1. The van der Waals surface area contributed by atoms with Crippen molar-refractivity contribution in [2.24, 2.45) is 5.73 Å². The molecule has 3 rings (SSSR count). The number of aromatic nitrogens is 1. The molecule has 0 fully saturated rings. The Hall–Kier alpha value is -1.49. The summed E-state index contributed by atoms with van der Waals surface area (Å²) in [6.45, 7) is 0.658. The number of rotatable bonds is 4. The SMILES string of the molecule is NCCc1sc(-c2ccsc2)nc1-c1ccccc1. The first kappa shape index (κ1) is 12.5. The monoisotopic (exact) mass is 286 g/mol. The Balaban J connectivity index is 2.08. The molecule has 0 aliphatic carbocycles. The molecule has 1 aromatic carbocycles. The van der Waals surface area contributed by atoms with Crippen molar-refractivity contribution in [3.8, 4) is 21.8 Å². The molecule has 2 aromatic heterocycles. The Morgan fingerprint density at radius 3 is 2.58 bits per heavy atom. The Bertz CT molecular complexity index is 642. The zero-order valence-electron chi connectivity index (χ0n) is 10.4. The van der Waals surface area contributed by atoms with Crippen molar-refractivity contribution >= 4 is 22.7 Å².